The van der Waals surface area contributed by atoms with Gasteiger partial charge in [0.2, 0.25) is 0 Å². The topological polar surface area (TPSA) is 98.8 Å². The smallest absolute Gasteiger partial charge is 0.341 e. The molecule has 1 N–H and O–H groups in total. The van der Waals surface area contributed by atoms with Gasteiger partial charge in [-0.05, 0) is 57.0 Å². The summed E-state index contributed by atoms with van der Waals surface area (Å²) in [4.78, 5) is 25.8. The lowest BCUT2D eigenvalue weighted by Crippen LogP contribution is -2.20. The largest absolute Gasteiger partial charge is 0.491 e. The van der Waals surface area contributed by atoms with E-state index in [0.717, 1.165) is 11.3 Å². The molecule has 1 aliphatic rings. The molecule has 29 heavy (non-hydrogen) atoms. The van der Waals surface area contributed by atoms with E-state index in [9.17, 15) is 18.0 Å². The summed E-state index contributed by atoms with van der Waals surface area (Å²) in [5.74, 6) is -0.446. The third kappa shape index (κ3) is 4.97. The fraction of sp³-hybridized carbons (Fsp3) is 0.400. The average molecular weight is 438 g/mol. The van der Waals surface area contributed by atoms with Crippen LogP contribution in [0.25, 0.3) is 0 Å². The molecular formula is C20H23NO6S2. The zero-order valence-corrected chi connectivity index (χ0v) is 18.1. The molecule has 0 unspecified atom stereocenters. The number of amides is 1. The van der Waals surface area contributed by atoms with Gasteiger partial charge in [0, 0.05) is 10.4 Å². The van der Waals surface area contributed by atoms with Crippen molar-refractivity contribution in [2.45, 2.75) is 39.0 Å². The van der Waals surface area contributed by atoms with Gasteiger partial charge in [-0.1, -0.05) is 0 Å². The Morgan fingerprint density at radius 3 is 2.52 bits per heavy atom. The van der Waals surface area contributed by atoms with Gasteiger partial charge in [-0.2, -0.15) is 0 Å². The molecule has 0 bridgehead atoms. The first-order valence-electron chi connectivity index (χ1n) is 9.30. The van der Waals surface area contributed by atoms with Gasteiger partial charge in [0.25, 0.3) is 5.91 Å². The number of thiophene rings is 1. The van der Waals surface area contributed by atoms with Crippen LogP contribution < -0.4 is 10.1 Å². The van der Waals surface area contributed by atoms with Crippen LogP contribution >= 0.6 is 11.3 Å². The number of esters is 1. The quantitative estimate of drug-likeness (QED) is 0.695. The number of benzene rings is 1. The molecule has 2 aromatic rings. The summed E-state index contributed by atoms with van der Waals surface area (Å²) in [6.45, 7) is 5.71. The van der Waals surface area contributed by atoms with Crippen LogP contribution in [0.2, 0.25) is 0 Å². The van der Waals surface area contributed by atoms with E-state index in [4.69, 9.17) is 9.47 Å². The van der Waals surface area contributed by atoms with Crippen LogP contribution in [0.15, 0.2) is 24.3 Å². The second-order valence-corrected chi connectivity index (χ2v) is 10.2. The first kappa shape index (κ1) is 21.3. The van der Waals surface area contributed by atoms with Crippen molar-refractivity contribution in [3.05, 3.63) is 45.8 Å². The van der Waals surface area contributed by atoms with Crippen molar-refractivity contribution < 1.29 is 27.5 Å². The maximum atomic E-state index is 12.7. The number of sulfone groups is 1. The molecule has 0 fully saturated rings. The van der Waals surface area contributed by atoms with Gasteiger partial charge in [0.15, 0.2) is 9.84 Å². The molecule has 2 heterocycles. The molecule has 0 aliphatic carbocycles. The molecule has 0 atom stereocenters. The van der Waals surface area contributed by atoms with Crippen LogP contribution in [0.4, 0.5) is 5.00 Å². The van der Waals surface area contributed by atoms with Crippen LogP contribution in [-0.4, -0.2) is 38.8 Å². The molecule has 0 saturated carbocycles. The molecular weight excluding hydrogens is 414 g/mol. The molecule has 1 amide bonds. The summed E-state index contributed by atoms with van der Waals surface area (Å²) < 4.78 is 34.7. The van der Waals surface area contributed by atoms with Gasteiger partial charge < -0.3 is 14.8 Å². The Morgan fingerprint density at radius 1 is 1.21 bits per heavy atom. The van der Waals surface area contributed by atoms with E-state index < -0.39 is 21.7 Å². The summed E-state index contributed by atoms with van der Waals surface area (Å²) in [5.41, 5.74) is 1.31. The average Bonchev–Trinajstić information content (AvgIpc) is 2.97. The van der Waals surface area contributed by atoms with Crippen molar-refractivity contribution in [3.63, 3.8) is 0 Å². The third-order valence-electron chi connectivity index (χ3n) is 4.30. The SMILES string of the molecule is CCOC(=O)c1c(NC(=O)c2ccc(OC(C)C)cc2)sc2c1CCS(=O)(=O)C2. The fourth-order valence-electron chi connectivity index (χ4n) is 3.06. The number of nitrogens with one attached hydrogen (secondary N) is 1. The predicted molar refractivity (Wildman–Crippen MR) is 112 cm³/mol. The highest BCUT2D eigenvalue weighted by Crippen LogP contribution is 2.38. The lowest BCUT2D eigenvalue weighted by atomic mass is 10.1. The number of carbonyl (C=O) groups is 2. The number of hydrogen-bond acceptors (Lipinski definition) is 7. The molecule has 9 heteroatoms. The highest BCUT2D eigenvalue weighted by Gasteiger charge is 2.32. The summed E-state index contributed by atoms with van der Waals surface area (Å²) in [6.07, 6.45) is 0.259. The van der Waals surface area contributed by atoms with E-state index in [1.807, 2.05) is 13.8 Å². The van der Waals surface area contributed by atoms with Crippen molar-refractivity contribution in [1.29, 1.82) is 0 Å². The van der Waals surface area contributed by atoms with Gasteiger partial charge in [-0.3, -0.25) is 4.79 Å². The van der Waals surface area contributed by atoms with Gasteiger partial charge >= 0.3 is 5.97 Å². The molecule has 0 spiro atoms. The first-order chi connectivity index (χ1) is 13.7. The maximum Gasteiger partial charge on any atom is 0.341 e. The summed E-state index contributed by atoms with van der Waals surface area (Å²) in [5, 5.41) is 3.07. The minimum absolute atomic E-state index is 0.0200. The van der Waals surface area contributed by atoms with E-state index in [1.54, 1.807) is 31.2 Å². The van der Waals surface area contributed by atoms with E-state index in [2.05, 4.69) is 5.32 Å². The zero-order valence-electron chi connectivity index (χ0n) is 16.5. The van der Waals surface area contributed by atoms with Crippen molar-refractivity contribution in [1.82, 2.24) is 0 Å². The standard InChI is InChI=1S/C20H23NO6S2/c1-4-26-20(23)17-15-9-10-29(24,25)11-16(15)28-19(17)21-18(22)13-5-7-14(8-6-13)27-12(2)3/h5-8,12H,4,9-11H2,1-3H3,(H,21,22). The third-order valence-corrected chi connectivity index (χ3v) is 7.18. The number of hydrogen-bond donors (Lipinski definition) is 1. The molecule has 1 aromatic heterocycles. The van der Waals surface area contributed by atoms with Crippen molar-refractivity contribution >= 4 is 38.1 Å². The Hall–Kier alpha value is -2.39. The molecule has 1 aliphatic heterocycles. The summed E-state index contributed by atoms with van der Waals surface area (Å²) in [7, 11) is -3.20. The van der Waals surface area contributed by atoms with Gasteiger partial charge in [-0.15, -0.1) is 11.3 Å². The van der Waals surface area contributed by atoms with E-state index in [-0.39, 0.29) is 36.2 Å². The minimum atomic E-state index is -3.20. The first-order valence-corrected chi connectivity index (χ1v) is 11.9. The summed E-state index contributed by atoms with van der Waals surface area (Å²) in [6, 6.07) is 6.67. The molecule has 0 saturated heterocycles. The number of ether oxygens (including phenoxy) is 2. The van der Waals surface area contributed by atoms with Crippen molar-refractivity contribution in [2.24, 2.45) is 0 Å². The van der Waals surface area contributed by atoms with Crippen LogP contribution in [0.3, 0.4) is 0 Å². The number of fused-ring (bicyclic) bond motifs is 1. The van der Waals surface area contributed by atoms with Gasteiger partial charge in [0.1, 0.15) is 10.8 Å². The lowest BCUT2D eigenvalue weighted by Gasteiger charge is -2.13. The number of rotatable bonds is 6. The Kier molecular flexibility index (Phi) is 6.28. The van der Waals surface area contributed by atoms with Crippen molar-refractivity contribution in [2.75, 3.05) is 17.7 Å². The molecule has 0 radical (unpaired) electrons. The zero-order chi connectivity index (χ0) is 21.2. The van der Waals surface area contributed by atoms with Crippen molar-refractivity contribution in [3.8, 4) is 5.75 Å². The lowest BCUT2D eigenvalue weighted by molar-refractivity contribution is 0.0527. The van der Waals surface area contributed by atoms with Crippen LogP contribution in [0.5, 0.6) is 5.75 Å². The Balaban J connectivity index is 1.88. The normalized spacial score (nSPS) is 14.9. The molecule has 156 valence electrons. The highest BCUT2D eigenvalue weighted by atomic mass is 32.2. The van der Waals surface area contributed by atoms with Gasteiger partial charge in [0.05, 0.1) is 29.8 Å². The molecule has 1 aromatic carbocycles. The minimum Gasteiger partial charge on any atom is -0.491 e. The van der Waals surface area contributed by atoms with E-state index >= 15 is 0 Å². The molecule has 7 nitrogen and oxygen atoms in total. The van der Waals surface area contributed by atoms with Crippen LogP contribution in [-0.2, 0) is 26.7 Å². The summed E-state index contributed by atoms with van der Waals surface area (Å²) >= 11 is 1.12. The predicted octanol–water partition coefficient (Wildman–Crippen LogP) is 3.44. The Morgan fingerprint density at radius 2 is 1.90 bits per heavy atom. The highest BCUT2D eigenvalue weighted by molar-refractivity contribution is 7.90. The van der Waals surface area contributed by atoms with Gasteiger partial charge in [-0.25, -0.2) is 13.2 Å². The van der Waals surface area contributed by atoms with E-state index in [0.29, 0.717) is 26.8 Å². The maximum absolute atomic E-state index is 12.7. The second-order valence-electron chi connectivity index (χ2n) is 6.92. The Labute approximate surface area is 173 Å². The second kappa shape index (κ2) is 8.54. The molecule has 3 rings (SSSR count). The number of carbonyl (C=O) groups excluding carboxylic acids is 2. The Bertz CT molecular complexity index is 1020. The van der Waals surface area contributed by atoms with Crippen LogP contribution in [0, 0.1) is 0 Å². The fourth-order valence-corrected chi connectivity index (χ4v) is 6.10. The van der Waals surface area contributed by atoms with E-state index in [1.165, 1.54) is 0 Å². The monoisotopic (exact) mass is 437 g/mol. The van der Waals surface area contributed by atoms with Crippen LogP contribution in [0.1, 0.15) is 51.9 Å². The number of anilines is 1.